The Morgan fingerprint density at radius 2 is 2.07 bits per heavy atom. The van der Waals surface area contributed by atoms with E-state index in [2.05, 4.69) is 54.4 Å². The van der Waals surface area contributed by atoms with Crippen molar-refractivity contribution in [2.24, 2.45) is 11.8 Å². The molecule has 1 unspecified atom stereocenters. The maximum atomic E-state index is 6.02. The van der Waals surface area contributed by atoms with Crippen molar-refractivity contribution in [2.75, 3.05) is 5.09 Å². The minimum absolute atomic E-state index is 0.208. The van der Waals surface area contributed by atoms with Crippen molar-refractivity contribution in [3.63, 3.8) is 0 Å². The normalized spacial score (nSPS) is 22.0. The standard InChI is InChI=1S/C21H26N5OP/c1-4-16-13(2)10-17(14(16)3)26-12-22-18-19(26)23-21(25-28)24-20(18)27-11-15-8-6-5-7-9-15/h5-9,12-13,16-17H,3-4,10-11,28H2,1-2H3,(H,23,24,25)/t13-,16+,17-/m0/s1. The van der Waals surface area contributed by atoms with Gasteiger partial charge < -0.3 is 14.4 Å². The Labute approximate surface area is 167 Å². The molecule has 1 aromatic carbocycles. The fourth-order valence-corrected chi connectivity index (χ4v) is 4.38. The molecule has 1 saturated carbocycles. The number of nitrogens with one attached hydrogen (secondary N) is 1. The van der Waals surface area contributed by atoms with Crippen molar-refractivity contribution in [2.45, 2.75) is 39.3 Å². The van der Waals surface area contributed by atoms with Crippen LogP contribution < -0.4 is 9.82 Å². The Bertz CT molecular complexity index is 987. The number of aromatic nitrogens is 4. The number of imidazole rings is 1. The summed E-state index contributed by atoms with van der Waals surface area (Å²) < 4.78 is 8.15. The smallest absolute Gasteiger partial charge is 0.247 e. The second kappa shape index (κ2) is 7.88. The Morgan fingerprint density at radius 1 is 1.29 bits per heavy atom. The molecule has 4 atom stereocenters. The van der Waals surface area contributed by atoms with E-state index >= 15 is 0 Å². The molecule has 28 heavy (non-hydrogen) atoms. The first kappa shape index (κ1) is 18.9. The first-order valence-electron chi connectivity index (χ1n) is 9.69. The van der Waals surface area contributed by atoms with Crippen LogP contribution in [0, 0.1) is 11.8 Å². The topological polar surface area (TPSA) is 64.9 Å². The summed E-state index contributed by atoms with van der Waals surface area (Å²) >= 11 is 0. The van der Waals surface area contributed by atoms with Gasteiger partial charge in [-0.05, 0) is 39.6 Å². The fraction of sp³-hybridized carbons (Fsp3) is 0.381. The second-order valence-electron chi connectivity index (χ2n) is 7.41. The van der Waals surface area contributed by atoms with Gasteiger partial charge in [0.25, 0.3) is 0 Å². The van der Waals surface area contributed by atoms with Crippen LogP contribution in [0.4, 0.5) is 5.95 Å². The number of anilines is 1. The van der Waals surface area contributed by atoms with E-state index < -0.39 is 0 Å². The van der Waals surface area contributed by atoms with E-state index in [1.165, 1.54) is 5.57 Å². The van der Waals surface area contributed by atoms with E-state index in [1.807, 2.05) is 36.7 Å². The minimum Gasteiger partial charge on any atom is -0.471 e. The third-order valence-corrected chi connectivity index (χ3v) is 5.96. The van der Waals surface area contributed by atoms with Crippen molar-refractivity contribution in [3.05, 3.63) is 54.4 Å². The van der Waals surface area contributed by atoms with Gasteiger partial charge in [0.05, 0.1) is 12.4 Å². The van der Waals surface area contributed by atoms with Gasteiger partial charge in [-0.1, -0.05) is 56.3 Å². The lowest BCUT2D eigenvalue weighted by Gasteiger charge is -2.17. The van der Waals surface area contributed by atoms with Crippen molar-refractivity contribution in [3.8, 4) is 5.88 Å². The van der Waals surface area contributed by atoms with Crippen molar-refractivity contribution < 1.29 is 4.74 Å². The van der Waals surface area contributed by atoms with Crippen LogP contribution >= 0.6 is 9.39 Å². The monoisotopic (exact) mass is 395 g/mol. The summed E-state index contributed by atoms with van der Waals surface area (Å²) in [6.45, 7) is 9.36. The number of fused-ring (bicyclic) bond motifs is 1. The van der Waals surface area contributed by atoms with Gasteiger partial charge in [-0.25, -0.2) is 4.98 Å². The lowest BCUT2D eigenvalue weighted by Crippen LogP contribution is -2.09. The molecule has 4 rings (SSSR count). The summed E-state index contributed by atoms with van der Waals surface area (Å²) in [6.07, 6.45) is 4.01. The molecule has 1 aliphatic rings. The van der Waals surface area contributed by atoms with E-state index in [0.29, 0.717) is 35.8 Å². The maximum Gasteiger partial charge on any atom is 0.247 e. The summed E-state index contributed by atoms with van der Waals surface area (Å²) in [5.41, 5.74) is 3.80. The summed E-state index contributed by atoms with van der Waals surface area (Å²) in [5.74, 6) is 2.12. The molecule has 0 bridgehead atoms. The van der Waals surface area contributed by atoms with Crippen LogP contribution in [-0.2, 0) is 6.61 Å². The molecule has 0 aliphatic heterocycles. The predicted octanol–water partition coefficient (Wildman–Crippen LogP) is 4.77. The van der Waals surface area contributed by atoms with Crippen LogP contribution in [0.3, 0.4) is 0 Å². The van der Waals surface area contributed by atoms with Gasteiger partial charge in [0.1, 0.15) is 6.61 Å². The zero-order chi connectivity index (χ0) is 19.7. The quantitative estimate of drug-likeness (QED) is 0.481. The molecule has 6 nitrogen and oxygen atoms in total. The van der Waals surface area contributed by atoms with Gasteiger partial charge >= 0.3 is 0 Å². The van der Waals surface area contributed by atoms with E-state index in [-0.39, 0.29) is 6.04 Å². The first-order valence-corrected chi connectivity index (χ1v) is 10.3. The highest BCUT2D eigenvalue weighted by Gasteiger charge is 2.35. The Morgan fingerprint density at radius 3 is 2.75 bits per heavy atom. The number of allylic oxidation sites excluding steroid dienone is 1. The largest absolute Gasteiger partial charge is 0.471 e. The van der Waals surface area contributed by atoms with Gasteiger partial charge in [-0.3, -0.25) is 0 Å². The molecule has 0 radical (unpaired) electrons. The molecule has 146 valence electrons. The van der Waals surface area contributed by atoms with E-state index in [1.54, 1.807) is 0 Å². The SMILES string of the molecule is C=C1[C@H](CC)[C@@H](C)C[C@@H]1n1cnc2c(OCc3ccccc3)nc(NP)nc21. The van der Waals surface area contributed by atoms with Crippen molar-refractivity contribution in [1.29, 1.82) is 0 Å². The summed E-state index contributed by atoms with van der Waals surface area (Å²) in [6, 6.07) is 10.2. The van der Waals surface area contributed by atoms with Gasteiger partial charge in [-0.2, -0.15) is 9.97 Å². The predicted molar refractivity (Wildman–Crippen MR) is 115 cm³/mol. The van der Waals surface area contributed by atoms with Crippen LogP contribution in [0.2, 0.25) is 0 Å². The van der Waals surface area contributed by atoms with E-state index in [4.69, 9.17) is 4.74 Å². The first-order chi connectivity index (χ1) is 13.6. The molecule has 0 amide bonds. The Balaban J connectivity index is 1.70. The van der Waals surface area contributed by atoms with Crippen molar-refractivity contribution in [1.82, 2.24) is 19.5 Å². The minimum atomic E-state index is 0.208. The molecular formula is C21H26N5OP. The zero-order valence-electron chi connectivity index (χ0n) is 16.3. The molecular weight excluding hydrogens is 369 g/mol. The van der Waals surface area contributed by atoms with Crippen LogP contribution in [0.25, 0.3) is 11.2 Å². The molecule has 2 aromatic heterocycles. The van der Waals surface area contributed by atoms with Crippen LogP contribution in [-0.4, -0.2) is 19.5 Å². The fourth-order valence-electron chi connectivity index (χ4n) is 4.25. The molecule has 0 spiro atoms. The van der Waals surface area contributed by atoms with Crippen molar-refractivity contribution >= 4 is 26.5 Å². The molecule has 0 saturated heterocycles. The molecule has 1 fully saturated rings. The maximum absolute atomic E-state index is 6.02. The highest BCUT2D eigenvalue weighted by atomic mass is 31.0. The van der Waals surface area contributed by atoms with Gasteiger partial charge in [0.2, 0.25) is 11.8 Å². The Kier molecular flexibility index (Phi) is 5.31. The molecule has 3 aromatic rings. The average Bonchev–Trinajstić information content (AvgIpc) is 3.26. The molecule has 7 heteroatoms. The highest BCUT2D eigenvalue weighted by Crippen LogP contribution is 2.45. The van der Waals surface area contributed by atoms with Crippen LogP contribution in [0.15, 0.2) is 48.8 Å². The number of nitrogens with zero attached hydrogens (tertiary/aromatic N) is 4. The average molecular weight is 395 g/mol. The third kappa shape index (κ3) is 3.37. The van der Waals surface area contributed by atoms with E-state index in [9.17, 15) is 0 Å². The summed E-state index contributed by atoms with van der Waals surface area (Å²) in [4.78, 5) is 13.7. The van der Waals surface area contributed by atoms with Crippen LogP contribution in [0.5, 0.6) is 5.88 Å². The summed E-state index contributed by atoms with van der Waals surface area (Å²) in [7, 11) is 2.44. The molecule has 2 heterocycles. The number of hydrogen-bond acceptors (Lipinski definition) is 5. The number of rotatable bonds is 6. The second-order valence-corrected chi connectivity index (χ2v) is 7.70. The summed E-state index contributed by atoms with van der Waals surface area (Å²) in [5, 5.41) is 2.96. The van der Waals surface area contributed by atoms with Crippen LogP contribution in [0.1, 0.15) is 38.3 Å². The Hall–Kier alpha value is -2.46. The number of benzene rings is 1. The number of hydrogen-bond donors (Lipinski definition) is 1. The van der Waals surface area contributed by atoms with E-state index in [0.717, 1.165) is 24.1 Å². The van der Waals surface area contributed by atoms with Gasteiger partial charge in [0, 0.05) is 0 Å². The van der Waals surface area contributed by atoms with Gasteiger partial charge in [0.15, 0.2) is 11.2 Å². The van der Waals surface area contributed by atoms with Gasteiger partial charge in [-0.15, -0.1) is 0 Å². The zero-order valence-corrected chi connectivity index (χ0v) is 17.5. The lowest BCUT2D eigenvalue weighted by atomic mass is 9.93. The molecule has 1 aliphatic carbocycles. The lowest BCUT2D eigenvalue weighted by molar-refractivity contribution is 0.297. The highest BCUT2D eigenvalue weighted by molar-refractivity contribution is 7.18. The third-order valence-electron chi connectivity index (χ3n) is 5.70. The number of ether oxygens (including phenoxy) is 1. The molecule has 1 N–H and O–H groups in total.